The van der Waals surface area contributed by atoms with Crippen LogP contribution in [0.25, 0.3) is 0 Å². The van der Waals surface area contributed by atoms with Crippen LogP contribution in [-0.4, -0.2) is 25.5 Å². The van der Waals surface area contributed by atoms with Gasteiger partial charge in [0.25, 0.3) is 0 Å². The van der Waals surface area contributed by atoms with Gasteiger partial charge in [0.15, 0.2) is 0 Å². The van der Waals surface area contributed by atoms with E-state index in [-0.39, 0.29) is 11.3 Å². The van der Waals surface area contributed by atoms with E-state index < -0.39 is 26.9 Å². The lowest BCUT2D eigenvalue weighted by Gasteiger charge is -2.13. The minimum Gasteiger partial charge on any atom is -0.478 e. The number of nitrogens with one attached hydrogen (secondary N) is 1. The van der Waals surface area contributed by atoms with Gasteiger partial charge in [-0.3, -0.25) is 0 Å². The second-order valence-electron chi connectivity index (χ2n) is 3.81. The lowest BCUT2D eigenvalue weighted by atomic mass is 10.2. The maximum atomic E-state index is 12.1. The van der Waals surface area contributed by atoms with Crippen molar-refractivity contribution in [2.45, 2.75) is 24.3 Å². The maximum Gasteiger partial charge on any atom is 0.337 e. The summed E-state index contributed by atoms with van der Waals surface area (Å²) in [5.41, 5.74) is 5.29. The number of anilines is 1. The van der Waals surface area contributed by atoms with Crippen LogP contribution in [-0.2, 0) is 10.0 Å². The van der Waals surface area contributed by atoms with Gasteiger partial charge in [0.2, 0.25) is 10.0 Å². The summed E-state index contributed by atoms with van der Waals surface area (Å²) in [4.78, 5) is 10.6. The van der Waals surface area contributed by atoms with Crippen molar-refractivity contribution in [1.82, 2.24) is 4.72 Å². The second kappa shape index (κ2) is 5.73. The number of hydrogen-bond donors (Lipinski definition) is 3. The molecule has 1 aromatic carbocycles. The van der Waals surface area contributed by atoms with Crippen LogP contribution in [0, 0.1) is 12.3 Å². The van der Waals surface area contributed by atoms with E-state index in [0.717, 1.165) is 12.1 Å². The van der Waals surface area contributed by atoms with Gasteiger partial charge >= 0.3 is 5.97 Å². The highest BCUT2D eigenvalue weighted by Gasteiger charge is 2.24. The fourth-order valence-corrected chi connectivity index (χ4v) is 2.90. The first kappa shape index (κ1) is 15.0. The Kier molecular flexibility index (Phi) is 4.53. The van der Waals surface area contributed by atoms with E-state index in [2.05, 4.69) is 10.6 Å². The summed E-state index contributed by atoms with van der Waals surface area (Å²) in [5, 5.41) is 9.00. The molecule has 0 fully saturated rings. The summed E-state index contributed by atoms with van der Waals surface area (Å²) in [7, 11) is -4.04. The number of rotatable bonds is 5. The van der Waals surface area contributed by atoms with Gasteiger partial charge in [-0.25, -0.2) is 13.2 Å². The van der Waals surface area contributed by atoms with Crippen LogP contribution in [0.15, 0.2) is 23.1 Å². The molecule has 0 aromatic heterocycles. The predicted molar refractivity (Wildman–Crippen MR) is 71.0 cm³/mol. The van der Waals surface area contributed by atoms with Crippen molar-refractivity contribution in [3.8, 4) is 12.3 Å². The molecule has 1 atom stereocenters. The van der Waals surface area contributed by atoms with Gasteiger partial charge in [-0.1, -0.05) is 12.8 Å². The Morgan fingerprint density at radius 2 is 2.21 bits per heavy atom. The molecule has 0 saturated heterocycles. The predicted octanol–water partition coefficient (Wildman–Crippen LogP) is 0.657. The zero-order valence-electron chi connectivity index (χ0n) is 10.3. The molecule has 7 heteroatoms. The monoisotopic (exact) mass is 282 g/mol. The highest BCUT2D eigenvalue weighted by Crippen LogP contribution is 2.19. The number of sulfonamides is 1. The third kappa shape index (κ3) is 3.47. The molecule has 6 nitrogen and oxygen atoms in total. The Balaban J connectivity index is 3.32. The van der Waals surface area contributed by atoms with E-state index in [1.54, 1.807) is 6.92 Å². The average Bonchev–Trinajstić information content (AvgIpc) is 2.35. The first-order valence-electron chi connectivity index (χ1n) is 5.43. The quantitative estimate of drug-likeness (QED) is 0.543. The topological polar surface area (TPSA) is 109 Å². The first-order valence-corrected chi connectivity index (χ1v) is 6.91. The third-order valence-electron chi connectivity index (χ3n) is 2.43. The number of terminal acetylenes is 1. The standard InChI is InChI=1S/C12H14N2O4S/c1-3-9(4-2)14-19(17,18)11-7-8(13)5-6-10(11)12(15)16/h1,5-7,9,14H,4,13H2,2H3,(H,15,16). The fraction of sp³-hybridized carbons (Fsp3) is 0.250. The summed E-state index contributed by atoms with van der Waals surface area (Å²) in [6.45, 7) is 1.71. The van der Waals surface area contributed by atoms with E-state index in [1.807, 2.05) is 0 Å². The van der Waals surface area contributed by atoms with Gasteiger partial charge in [0.05, 0.1) is 16.5 Å². The summed E-state index contributed by atoms with van der Waals surface area (Å²) in [5.74, 6) is 0.919. The van der Waals surface area contributed by atoms with Crippen molar-refractivity contribution < 1.29 is 18.3 Å². The van der Waals surface area contributed by atoms with E-state index in [1.165, 1.54) is 6.07 Å². The Morgan fingerprint density at radius 3 is 2.68 bits per heavy atom. The van der Waals surface area contributed by atoms with Crippen molar-refractivity contribution in [2.24, 2.45) is 0 Å². The largest absolute Gasteiger partial charge is 0.478 e. The molecule has 0 aliphatic carbocycles. The molecule has 0 spiro atoms. The summed E-state index contributed by atoms with van der Waals surface area (Å²) in [6, 6.07) is 2.85. The zero-order valence-corrected chi connectivity index (χ0v) is 11.1. The molecule has 1 unspecified atom stereocenters. The number of carbonyl (C=O) groups is 1. The van der Waals surface area contributed by atoms with Crippen molar-refractivity contribution in [3.63, 3.8) is 0 Å². The smallest absolute Gasteiger partial charge is 0.337 e. The molecule has 0 radical (unpaired) electrons. The number of nitrogen functional groups attached to an aromatic ring is 1. The van der Waals surface area contributed by atoms with E-state index in [4.69, 9.17) is 17.3 Å². The third-order valence-corrected chi connectivity index (χ3v) is 3.94. The van der Waals surface area contributed by atoms with Crippen LogP contribution in [0.5, 0.6) is 0 Å². The van der Waals surface area contributed by atoms with Crippen LogP contribution < -0.4 is 10.5 Å². The van der Waals surface area contributed by atoms with Crippen molar-refractivity contribution in [1.29, 1.82) is 0 Å². The molecule has 4 N–H and O–H groups in total. The first-order chi connectivity index (χ1) is 8.81. The van der Waals surface area contributed by atoms with Gasteiger partial charge in [-0.15, -0.1) is 6.42 Å². The van der Waals surface area contributed by atoms with E-state index in [0.29, 0.717) is 6.42 Å². The zero-order chi connectivity index (χ0) is 14.6. The lowest BCUT2D eigenvalue weighted by Crippen LogP contribution is -2.34. The number of aromatic carboxylic acids is 1. The van der Waals surface area contributed by atoms with Crippen molar-refractivity contribution in [3.05, 3.63) is 23.8 Å². The van der Waals surface area contributed by atoms with E-state index >= 15 is 0 Å². The Hall–Kier alpha value is -2.04. The number of benzene rings is 1. The Labute approximate surface area is 111 Å². The molecule has 0 saturated carbocycles. The van der Waals surface area contributed by atoms with Crippen molar-refractivity contribution >= 4 is 21.7 Å². The summed E-state index contributed by atoms with van der Waals surface area (Å²) in [6.07, 6.45) is 5.57. The normalized spacial score (nSPS) is 12.6. The molecule has 0 aliphatic heterocycles. The van der Waals surface area contributed by atoms with Gasteiger partial charge < -0.3 is 10.8 Å². The second-order valence-corrected chi connectivity index (χ2v) is 5.49. The molecule has 0 heterocycles. The molecule has 0 bridgehead atoms. The van der Waals surface area contributed by atoms with Crippen LogP contribution in [0.1, 0.15) is 23.7 Å². The van der Waals surface area contributed by atoms with Crippen molar-refractivity contribution in [2.75, 3.05) is 5.73 Å². The Morgan fingerprint density at radius 1 is 1.58 bits per heavy atom. The SMILES string of the molecule is C#CC(CC)NS(=O)(=O)c1cc(N)ccc1C(=O)O. The maximum absolute atomic E-state index is 12.1. The van der Waals surface area contributed by atoms with Gasteiger partial charge in [-0.2, -0.15) is 4.72 Å². The lowest BCUT2D eigenvalue weighted by molar-refractivity contribution is 0.0692. The molecular weight excluding hydrogens is 268 g/mol. The van der Waals surface area contributed by atoms with Gasteiger partial charge in [0.1, 0.15) is 0 Å². The van der Waals surface area contributed by atoms with Crippen LogP contribution in [0.3, 0.4) is 0 Å². The highest BCUT2D eigenvalue weighted by molar-refractivity contribution is 7.89. The fourth-order valence-electron chi connectivity index (χ4n) is 1.42. The van der Waals surface area contributed by atoms with E-state index in [9.17, 15) is 13.2 Å². The van der Waals surface area contributed by atoms with Crippen LogP contribution >= 0.6 is 0 Å². The Bertz CT molecular complexity index is 632. The molecule has 102 valence electrons. The number of carboxylic acid groups (broad SMARTS) is 1. The average molecular weight is 282 g/mol. The molecule has 1 rings (SSSR count). The minimum atomic E-state index is -4.04. The summed E-state index contributed by atoms with van der Waals surface area (Å²) < 4.78 is 26.5. The number of carboxylic acids is 1. The van der Waals surface area contributed by atoms with Gasteiger partial charge in [0, 0.05) is 5.69 Å². The number of hydrogen-bond acceptors (Lipinski definition) is 4. The van der Waals surface area contributed by atoms with Crippen LogP contribution in [0.4, 0.5) is 5.69 Å². The molecule has 1 aromatic rings. The molecular formula is C12H14N2O4S. The van der Waals surface area contributed by atoms with Gasteiger partial charge in [-0.05, 0) is 24.6 Å². The molecule has 0 aliphatic rings. The minimum absolute atomic E-state index is 0.152. The number of nitrogens with two attached hydrogens (primary N) is 1. The molecule has 19 heavy (non-hydrogen) atoms. The summed E-state index contributed by atoms with van der Waals surface area (Å²) >= 11 is 0. The highest BCUT2D eigenvalue weighted by atomic mass is 32.2. The van der Waals surface area contributed by atoms with Crippen LogP contribution in [0.2, 0.25) is 0 Å². The molecule has 0 amide bonds.